The first-order chi connectivity index (χ1) is 8.90. The lowest BCUT2D eigenvalue weighted by Gasteiger charge is -2.21. The summed E-state index contributed by atoms with van der Waals surface area (Å²) in [6.45, 7) is 3.02. The predicted octanol–water partition coefficient (Wildman–Crippen LogP) is 0.961. The van der Waals surface area contributed by atoms with Crippen LogP contribution in [0, 0.1) is 6.92 Å². The molecule has 0 amide bonds. The van der Waals surface area contributed by atoms with Crippen LogP contribution in [0.25, 0.3) is 0 Å². The largest absolute Gasteiger partial charge is 0.480 e. The van der Waals surface area contributed by atoms with E-state index in [1.54, 1.807) is 0 Å². The van der Waals surface area contributed by atoms with Crippen molar-refractivity contribution < 1.29 is 9.90 Å². The minimum absolute atomic E-state index is 0.250. The zero-order chi connectivity index (χ0) is 14.2. The van der Waals surface area contributed by atoms with Crippen LogP contribution < -0.4 is 0 Å². The second-order valence-corrected chi connectivity index (χ2v) is 5.62. The van der Waals surface area contributed by atoms with Crippen LogP contribution in [0.2, 0.25) is 5.02 Å². The van der Waals surface area contributed by atoms with Crippen molar-refractivity contribution in [2.45, 2.75) is 32.0 Å². The van der Waals surface area contributed by atoms with Crippen molar-refractivity contribution >= 4 is 17.6 Å². The first kappa shape index (κ1) is 14.3. The fourth-order valence-electron chi connectivity index (χ4n) is 2.45. The van der Waals surface area contributed by atoms with Gasteiger partial charge in [0.15, 0.2) is 0 Å². The number of likely N-dealkylation sites (tertiary alicyclic amines) is 1. The number of hydrogen-bond acceptors (Lipinski definition) is 4. The van der Waals surface area contributed by atoms with Crippen LogP contribution in [0.4, 0.5) is 0 Å². The molecule has 0 aliphatic carbocycles. The van der Waals surface area contributed by atoms with Gasteiger partial charge in [-0.25, -0.2) is 0 Å². The zero-order valence-corrected chi connectivity index (χ0v) is 12.1. The standard InChI is InChI=1S/C12H19ClN4O2/c1-7-11(13)9(15-14-7)6-17-5-8(16(2)3)4-10(17)12(18)19/h8,10H,4-6H2,1-3H3,(H,14,15)(H,18,19)/t8-,10+/m1/s1. The van der Waals surface area contributed by atoms with E-state index in [4.69, 9.17) is 11.6 Å². The maximum absolute atomic E-state index is 11.3. The number of likely N-dealkylation sites (N-methyl/N-ethyl adjacent to an activating group) is 1. The second kappa shape index (κ2) is 5.48. The van der Waals surface area contributed by atoms with E-state index in [1.807, 2.05) is 25.9 Å². The molecule has 1 aliphatic rings. The van der Waals surface area contributed by atoms with E-state index >= 15 is 0 Å². The molecule has 1 fully saturated rings. The van der Waals surface area contributed by atoms with Gasteiger partial charge in [-0.2, -0.15) is 5.10 Å². The highest BCUT2D eigenvalue weighted by Crippen LogP contribution is 2.26. The molecule has 19 heavy (non-hydrogen) atoms. The van der Waals surface area contributed by atoms with Gasteiger partial charge in [0.25, 0.3) is 0 Å². The van der Waals surface area contributed by atoms with Crippen molar-refractivity contribution in [3.8, 4) is 0 Å². The molecule has 1 aromatic rings. The number of carboxylic acids is 1. The first-order valence-corrected chi connectivity index (χ1v) is 6.60. The van der Waals surface area contributed by atoms with Gasteiger partial charge in [0.05, 0.1) is 16.4 Å². The van der Waals surface area contributed by atoms with Crippen LogP contribution in [0.5, 0.6) is 0 Å². The molecular weight excluding hydrogens is 268 g/mol. The number of nitrogens with zero attached hydrogens (tertiary/aromatic N) is 3. The molecule has 0 radical (unpaired) electrons. The third-order valence-electron chi connectivity index (χ3n) is 3.69. The van der Waals surface area contributed by atoms with Crippen LogP contribution >= 0.6 is 11.6 Å². The van der Waals surface area contributed by atoms with E-state index in [2.05, 4.69) is 15.1 Å². The maximum Gasteiger partial charge on any atom is 0.320 e. The van der Waals surface area contributed by atoms with Crippen molar-refractivity contribution in [3.05, 3.63) is 16.4 Å². The molecule has 0 saturated carbocycles. The molecule has 1 aliphatic heterocycles. The summed E-state index contributed by atoms with van der Waals surface area (Å²) >= 11 is 6.14. The summed E-state index contributed by atoms with van der Waals surface area (Å²) in [5.41, 5.74) is 1.52. The van der Waals surface area contributed by atoms with Gasteiger partial charge in [-0.1, -0.05) is 11.6 Å². The summed E-state index contributed by atoms with van der Waals surface area (Å²) < 4.78 is 0. The van der Waals surface area contributed by atoms with Crippen LogP contribution in [-0.4, -0.2) is 63.8 Å². The molecule has 2 rings (SSSR count). The molecule has 6 nitrogen and oxygen atoms in total. The first-order valence-electron chi connectivity index (χ1n) is 6.22. The van der Waals surface area contributed by atoms with E-state index in [0.717, 1.165) is 5.69 Å². The van der Waals surface area contributed by atoms with E-state index in [1.165, 1.54) is 0 Å². The highest BCUT2D eigenvalue weighted by Gasteiger charge is 2.38. The minimum Gasteiger partial charge on any atom is -0.480 e. The SMILES string of the molecule is Cc1[nH]nc(CN2C[C@H](N(C)C)C[C@H]2C(=O)O)c1Cl. The summed E-state index contributed by atoms with van der Waals surface area (Å²) in [6, 6.07) is -0.222. The number of carboxylic acid groups (broad SMARTS) is 1. The Morgan fingerprint density at radius 2 is 2.32 bits per heavy atom. The summed E-state index contributed by atoms with van der Waals surface area (Å²) in [7, 11) is 3.94. The predicted molar refractivity (Wildman–Crippen MR) is 72.3 cm³/mol. The summed E-state index contributed by atoms with van der Waals surface area (Å²) in [5, 5.41) is 16.9. The molecular formula is C12H19ClN4O2. The Morgan fingerprint density at radius 1 is 1.63 bits per heavy atom. The van der Waals surface area contributed by atoms with Gasteiger partial charge in [0, 0.05) is 19.1 Å². The monoisotopic (exact) mass is 286 g/mol. The molecule has 7 heteroatoms. The van der Waals surface area contributed by atoms with Crippen molar-refractivity contribution in [2.24, 2.45) is 0 Å². The van der Waals surface area contributed by atoms with Gasteiger partial charge < -0.3 is 10.0 Å². The number of rotatable bonds is 4. The van der Waals surface area contributed by atoms with E-state index in [0.29, 0.717) is 30.2 Å². The molecule has 106 valence electrons. The highest BCUT2D eigenvalue weighted by molar-refractivity contribution is 6.31. The second-order valence-electron chi connectivity index (χ2n) is 5.25. The van der Waals surface area contributed by atoms with Crippen LogP contribution in [0.3, 0.4) is 0 Å². The average molecular weight is 287 g/mol. The van der Waals surface area contributed by atoms with Gasteiger partial charge in [-0.05, 0) is 27.4 Å². The highest BCUT2D eigenvalue weighted by atomic mass is 35.5. The number of carbonyl (C=O) groups is 1. The third kappa shape index (κ3) is 2.91. The Labute approximate surface area is 117 Å². The Balaban J connectivity index is 2.13. The number of aromatic nitrogens is 2. The number of halogens is 1. The van der Waals surface area contributed by atoms with Gasteiger partial charge >= 0.3 is 5.97 Å². The lowest BCUT2D eigenvalue weighted by molar-refractivity contribution is -0.142. The van der Waals surface area contributed by atoms with E-state index < -0.39 is 12.0 Å². The Morgan fingerprint density at radius 3 is 2.79 bits per heavy atom. The van der Waals surface area contributed by atoms with Crippen LogP contribution in [0.15, 0.2) is 0 Å². The van der Waals surface area contributed by atoms with Crippen molar-refractivity contribution in [2.75, 3.05) is 20.6 Å². The molecule has 0 unspecified atom stereocenters. The normalized spacial score (nSPS) is 24.3. The third-order valence-corrected chi connectivity index (χ3v) is 4.19. The topological polar surface area (TPSA) is 72.5 Å². The van der Waals surface area contributed by atoms with Gasteiger partial charge in [0.1, 0.15) is 6.04 Å². The van der Waals surface area contributed by atoms with E-state index in [-0.39, 0.29) is 6.04 Å². The fraction of sp³-hybridized carbons (Fsp3) is 0.667. The molecule has 1 saturated heterocycles. The quantitative estimate of drug-likeness (QED) is 0.863. The lowest BCUT2D eigenvalue weighted by Crippen LogP contribution is -2.36. The molecule has 0 spiro atoms. The number of H-pyrrole nitrogens is 1. The number of hydrogen-bond donors (Lipinski definition) is 2. The van der Waals surface area contributed by atoms with Crippen molar-refractivity contribution in [1.29, 1.82) is 0 Å². The number of nitrogens with one attached hydrogen (secondary N) is 1. The summed E-state index contributed by atoms with van der Waals surface area (Å²) in [6.07, 6.45) is 0.628. The Bertz CT molecular complexity index is 474. The average Bonchev–Trinajstić information content (AvgIpc) is 2.88. The summed E-state index contributed by atoms with van der Waals surface area (Å²) in [4.78, 5) is 15.3. The Hall–Kier alpha value is -1.11. The molecule has 1 aromatic heterocycles. The van der Waals surface area contributed by atoms with Crippen LogP contribution in [-0.2, 0) is 11.3 Å². The maximum atomic E-state index is 11.3. The Kier molecular flexibility index (Phi) is 4.13. The molecule has 0 bridgehead atoms. The van der Waals surface area contributed by atoms with Crippen molar-refractivity contribution in [3.63, 3.8) is 0 Å². The van der Waals surface area contributed by atoms with Gasteiger partial charge in [-0.15, -0.1) is 0 Å². The number of aliphatic carboxylic acids is 1. The molecule has 0 aromatic carbocycles. The zero-order valence-electron chi connectivity index (χ0n) is 11.4. The molecule has 2 N–H and O–H groups in total. The fourth-order valence-corrected chi connectivity index (χ4v) is 2.59. The molecule has 2 atom stereocenters. The summed E-state index contributed by atoms with van der Waals surface area (Å²) in [5.74, 6) is -0.785. The number of aromatic amines is 1. The number of aryl methyl sites for hydroxylation is 1. The molecule has 2 heterocycles. The minimum atomic E-state index is -0.785. The van der Waals surface area contributed by atoms with Gasteiger partial charge in [0.2, 0.25) is 0 Å². The van der Waals surface area contributed by atoms with Gasteiger partial charge in [-0.3, -0.25) is 14.8 Å². The van der Waals surface area contributed by atoms with E-state index in [9.17, 15) is 9.90 Å². The lowest BCUT2D eigenvalue weighted by atomic mass is 10.1. The van der Waals surface area contributed by atoms with Crippen molar-refractivity contribution in [1.82, 2.24) is 20.0 Å². The van der Waals surface area contributed by atoms with Crippen LogP contribution in [0.1, 0.15) is 17.8 Å². The smallest absolute Gasteiger partial charge is 0.320 e.